The van der Waals surface area contributed by atoms with Crippen LogP contribution in [0, 0.1) is 5.82 Å². The Hall–Kier alpha value is -3.36. The molecule has 3 heterocycles. The molecule has 0 unspecified atom stereocenters. The smallest absolute Gasteiger partial charge is 0.308 e. The van der Waals surface area contributed by atoms with E-state index in [1.165, 1.54) is 12.1 Å². The van der Waals surface area contributed by atoms with Gasteiger partial charge in [-0.2, -0.15) is 5.10 Å². The highest BCUT2D eigenvalue weighted by molar-refractivity contribution is 5.76. The summed E-state index contributed by atoms with van der Waals surface area (Å²) < 4.78 is 32.9. The molecule has 0 N–H and O–H groups in total. The lowest BCUT2D eigenvalue weighted by Gasteiger charge is -2.39. The second-order valence-electron chi connectivity index (χ2n) is 9.81. The van der Waals surface area contributed by atoms with Crippen molar-refractivity contribution in [2.24, 2.45) is 0 Å². The van der Waals surface area contributed by atoms with E-state index in [1.54, 1.807) is 29.9 Å². The third kappa shape index (κ3) is 6.50. The van der Waals surface area contributed by atoms with Gasteiger partial charge in [0.25, 0.3) is 0 Å². The second kappa shape index (κ2) is 11.4. The number of aromatic nitrogens is 3. The summed E-state index contributed by atoms with van der Waals surface area (Å²) in [5.74, 6) is -0.665. The van der Waals surface area contributed by atoms with Crippen molar-refractivity contribution in [2.45, 2.75) is 71.4 Å². The first-order chi connectivity index (χ1) is 17.7. The minimum absolute atomic E-state index is 0.118. The summed E-state index contributed by atoms with van der Waals surface area (Å²) in [6.45, 7) is 9.97. The van der Waals surface area contributed by atoms with Crippen LogP contribution in [0.2, 0.25) is 0 Å². The molecule has 0 saturated carbocycles. The molecule has 4 rings (SSSR count). The number of pyridine rings is 1. The van der Waals surface area contributed by atoms with E-state index < -0.39 is 5.79 Å². The molecule has 0 radical (unpaired) electrons. The Balaban J connectivity index is 1.74. The van der Waals surface area contributed by atoms with Gasteiger partial charge in [-0.1, -0.05) is 32.1 Å². The first-order valence-electron chi connectivity index (χ1n) is 12.7. The molecule has 196 valence electrons. The van der Waals surface area contributed by atoms with Crippen molar-refractivity contribution < 1.29 is 23.4 Å². The van der Waals surface area contributed by atoms with Gasteiger partial charge in [0, 0.05) is 23.7 Å². The Morgan fingerprint density at radius 3 is 2.62 bits per heavy atom. The Labute approximate surface area is 217 Å². The number of esters is 1. The highest BCUT2D eigenvalue weighted by Gasteiger charge is 2.36. The number of carbonyl (C=O) groups excluding carboxylic acids is 1. The van der Waals surface area contributed by atoms with Gasteiger partial charge in [-0.25, -0.2) is 14.1 Å². The first-order valence-corrected chi connectivity index (χ1v) is 12.7. The Morgan fingerprint density at radius 1 is 1.22 bits per heavy atom. The molecule has 0 spiro atoms. The maximum atomic E-state index is 13.8. The Morgan fingerprint density at radius 2 is 1.97 bits per heavy atom. The number of halogens is 1. The van der Waals surface area contributed by atoms with Crippen molar-refractivity contribution in [3.8, 4) is 17.1 Å². The minimum Gasteiger partial charge on any atom is -0.466 e. The Bertz CT molecular complexity index is 1240. The quantitative estimate of drug-likeness (QED) is 0.344. The summed E-state index contributed by atoms with van der Waals surface area (Å²) in [5.41, 5.74) is 3.42. The van der Waals surface area contributed by atoms with Gasteiger partial charge in [0.2, 0.25) is 0 Å². The minimum atomic E-state index is -0.858. The molecule has 1 aromatic carbocycles. The number of hydrogen-bond donors (Lipinski definition) is 0. The molecular weight excluding hydrogens is 473 g/mol. The van der Waals surface area contributed by atoms with Crippen LogP contribution in [-0.2, 0) is 19.0 Å². The van der Waals surface area contributed by atoms with E-state index in [-0.39, 0.29) is 36.3 Å². The SMILES string of the molecule is CCOC(=O)C[C@@H]1C[C@H](C=Cc2c(C(C)C)nn(-c3ccccn3)c2-c2ccc(F)cc2)OC(C)(C)O1. The molecule has 0 bridgehead atoms. The number of ether oxygens (including phenoxy) is 3. The summed E-state index contributed by atoms with van der Waals surface area (Å²) in [7, 11) is 0. The van der Waals surface area contributed by atoms with Crippen LogP contribution in [0.1, 0.15) is 64.6 Å². The molecule has 37 heavy (non-hydrogen) atoms. The molecule has 3 aromatic rings. The monoisotopic (exact) mass is 507 g/mol. The van der Waals surface area contributed by atoms with E-state index in [9.17, 15) is 9.18 Å². The molecule has 0 aliphatic carbocycles. The third-order valence-electron chi connectivity index (χ3n) is 6.04. The normalized spacial score (nSPS) is 19.4. The summed E-state index contributed by atoms with van der Waals surface area (Å²) in [6.07, 6.45) is 5.78. The van der Waals surface area contributed by atoms with Crippen LogP contribution in [0.5, 0.6) is 0 Å². The van der Waals surface area contributed by atoms with Gasteiger partial charge in [-0.05, 0) is 63.1 Å². The van der Waals surface area contributed by atoms with Crippen molar-refractivity contribution >= 4 is 12.0 Å². The van der Waals surface area contributed by atoms with E-state index in [1.807, 2.05) is 44.2 Å². The van der Waals surface area contributed by atoms with Gasteiger partial charge in [0.1, 0.15) is 5.82 Å². The maximum absolute atomic E-state index is 13.8. The van der Waals surface area contributed by atoms with Crippen LogP contribution in [0.3, 0.4) is 0 Å². The molecule has 1 saturated heterocycles. The van der Waals surface area contributed by atoms with Gasteiger partial charge in [0.15, 0.2) is 11.6 Å². The predicted octanol–water partition coefficient (Wildman–Crippen LogP) is 6.07. The molecule has 0 amide bonds. The molecule has 2 aromatic heterocycles. The molecule has 8 heteroatoms. The van der Waals surface area contributed by atoms with Gasteiger partial charge >= 0.3 is 5.97 Å². The number of hydrogen-bond acceptors (Lipinski definition) is 6. The summed E-state index contributed by atoms with van der Waals surface area (Å²) in [4.78, 5) is 16.6. The van der Waals surface area contributed by atoms with Crippen LogP contribution in [-0.4, -0.2) is 45.3 Å². The van der Waals surface area contributed by atoms with E-state index >= 15 is 0 Å². The summed E-state index contributed by atoms with van der Waals surface area (Å²) in [5, 5.41) is 4.93. The lowest BCUT2D eigenvalue weighted by molar-refractivity contribution is -0.290. The van der Waals surface area contributed by atoms with Crippen LogP contribution in [0.4, 0.5) is 4.39 Å². The lowest BCUT2D eigenvalue weighted by Crippen LogP contribution is -2.44. The molecule has 2 atom stereocenters. The van der Waals surface area contributed by atoms with E-state index in [2.05, 4.69) is 18.8 Å². The average molecular weight is 508 g/mol. The number of benzene rings is 1. The van der Waals surface area contributed by atoms with Gasteiger partial charge < -0.3 is 14.2 Å². The zero-order chi connectivity index (χ0) is 26.6. The Kier molecular flexibility index (Phi) is 8.19. The van der Waals surface area contributed by atoms with Crippen molar-refractivity contribution in [1.82, 2.24) is 14.8 Å². The molecule has 1 aliphatic rings. The van der Waals surface area contributed by atoms with Crippen LogP contribution in [0.25, 0.3) is 23.2 Å². The number of nitrogens with zero attached hydrogens (tertiary/aromatic N) is 3. The van der Waals surface area contributed by atoms with E-state index in [0.29, 0.717) is 18.8 Å². The predicted molar refractivity (Wildman–Crippen MR) is 140 cm³/mol. The maximum Gasteiger partial charge on any atom is 0.308 e. The largest absolute Gasteiger partial charge is 0.466 e. The zero-order valence-electron chi connectivity index (χ0n) is 22.0. The standard InChI is InChI=1S/C29H34FN3O4/c1-6-35-26(34)18-23-17-22(36-29(4,5)37-23)14-15-24-27(19(2)3)32-33(25-9-7-8-16-31-25)28(24)20-10-12-21(30)13-11-20/h7-16,19,22-23H,6,17-18H2,1-5H3/t22-,23-/m0/s1. The topological polar surface area (TPSA) is 75.5 Å². The van der Waals surface area contributed by atoms with Crippen LogP contribution >= 0.6 is 0 Å². The highest BCUT2D eigenvalue weighted by Crippen LogP contribution is 2.35. The number of carbonyl (C=O) groups is 1. The fraction of sp³-hybridized carbons (Fsp3) is 0.414. The van der Waals surface area contributed by atoms with Crippen LogP contribution < -0.4 is 0 Å². The number of rotatable bonds is 8. The van der Waals surface area contributed by atoms with Crippen LogP contribution in [0.15, 0.2) is 54.7 Å². The first kappa shape index (κ1) is 26.7. The van der Waals surface area contributed by atoms with Crippen molar-refractivity contribution in [3.63, 3.8) is 0 Å². The fourth-order valence-corrected chi connectivity index (χ4v) is 4.57. The van der Waals surface area contributed by atoms with Crippen molar-refractivity contribution in [2.75, 3.05) is 6.61 Å². The third-order valence-corrected chi connectivity index (χ3v) is 6.04. The zero-order valence-corrected chi connectivity index (χ0v) is 22.0. The van der Waals surface area contributed by atoms with Gasteiger partial charge in [-0.3, -0.25) is 4.79 Å². The average Bonchev–Trinajstić information content (AvgIpc) is 3.23. The summed E-state index contributed by atoms with van der Waals surface area (Å²) >= 11 is 0. The lowest BCUT2D eigenvalue weighted by atomic mass is 9.98. The molecule has 1 aliphatic heterocycles. The highest BCUT2D eigenvalue weighted by atomic mass is 19.1. The second-order valence-corrected chi connectivity index (χ2v) is 9.81. The van der Waals surface area contributed by atoms with Gasteiger partial charge in [-0.15, -0.1) is 0 Å². The van der Waals surface area contributed by atoms with Crippen molar-refractivity contribution in [1.29, 1.82) is 0 Å². The summed E-state index contributed by atoms with van der Waals surface area (Å²) in [6, 6.07) is 12.0. The molecule has 1 fully saturated rings. The molecular formula is C29H34FN3O4. The molecule has 7 nitrogen and oxygen atoms in total. The van der Waals surface area contributed by atoms with E-state index in [4.69, 9.17) is 19.3 Å². The fourth-order valence-electron chi connectivity index (χ4n) is 4.57. The van der Waals surface area contributed by atoms with Crippen molar-refractivity contribution in [3.05, 3.63) is 71.8 Å². The van der Waals surface area contributed by atoms with Gasteiger partial charge in [0.05, 0.1) is 36.6 Å². The van der Waals surface area contributed by atoms with E-state index in [0.717, 1.165) is 22.5 Å².